The van der Waals surface area contributed by atoms with Crippen LogP contribution in [0.2, 0.25) is 0 Å². The highest BCUT2D eigenvalue weighted by molar-refractivity contribution is 7.55. The molecule has 3 aliphatic rings. The number of likely N-dealkylation sites (N-methyl/N-ethyl adjacent to an activating group) is 1. The molecular formula is C29H41N4O4P. The number of H-pyrrole nitrogens is 1. The van der Waals surface area contributed by atoms with Crippen molar-refractivity contribution in [3.05, 3.63) is 69.9 Å². The summed E-state index contributed by atoms with van der Waals surface area (Å²) in [7, 11) is -1.03. The lowest BCUT2D eigenvalue weighted by molar-refractivity contribution is -0.135. The van der Waals surface area contributed by atoms with E-state index >= 15 is 0 Å². The van der Waals surface area contributed by atoms with Crippen molar-refractivity contribution in [1.29, 1.82) is 0 Å². The largest absolute Gasteiger partial charge is 0.437 e. The average Bonchev–Trinajstić information content (AvgIpc) is 2.91. The third-order valence-electron chi connectivity index (χ3n) is 7.56. The summed E-state index contributed by atoms with van der Waals surface area (Å²) in [5.74, 6) is 0.781. The molecule has 206 valence electrons. The van der Waals surface area contributed by atoms with Gasteiger partial charge in [-0.25, -0.2) is 4.67 Å². The summed E-state index contributed by atoms with van der Waals surface area (Å²) < 4.78 is 21.8. The normalized spacial score (nSPS) is 24.5. The number of benzene rings is 1. The molecule has 2 atom stereocenters. The Balaban J connectivity index is 0.00000164. The van der Waals surface area contributed by atoms with Crippen LogP contribution in [0.15, 0.2) is 53.0 Å². The van der Waals surface area contributed by atoms with E-state index in [1.807, 2.05) is 65.9 Å². The minimum atomic E-state index is -3.12. The molecule has 2 aliphatic heterocycles. The highest BCUT2D eigenvalue weighted by Crippen LogP contribution is 2.52. The maximum Gasteiger partial charge on any atom is 0.316 e. The molecule has 1 aromatic carbocycles. The van der Waals surface area contributed by atoms with Crippen molar-refractivity contribution in [3.63, 3.8) is 0 Å². The molecule has 38 heavy (non-hydrogen) atoms. The highest BCUT2D eigenvalue weighted by Gasteiger charge is 2.33. The van der Waals surface area contributed by atoms with E-state index in [2.05, 4.69) is 16.9 Å². The van der Waals surface area contributed by atoms with Crippen LogP contribution in [-0.4, -0.2) is 71.8 Å². The van der Waals surface area contributed by atoms with Crippen LogP contribution in [0.5, 0.6) is 0 Å². The Labute approximate surface area is 225 Å². The van der Waals surface area contributed by atoms with Crippen molar-refractivity contribution in [2.45, 2.75) is 46.1 Å². The van der Waals surface area contributed by atoms with Gasteiger partial charge in [0, 0.05) is 69.9 Å². The number of carbonyl (C=O) groups is 1. The van der Waals surface area contributed by atoms with Crippen molar-refractivity contribution in [2.24, 2.45) is 5.92 Å². The molecule has 1 amide bonds. The monoisotopic (exact) mass is 540 g/mol. The van der Waals surface area contributed by atoms with Crippen molar-refractivity contribution in [1.82, 2.24) is 19.5 Å². The van der Waals surface area contributed by atoms with E-state index < -0.39 is 7.52 Å². The van der Waals surface area contributed by atoms with Gasteiger partial charge in [-0.1, -0.05) is 44.2 Å². The lowest BCUT2D eigenvalue weighted by Gasteiger charge is -2.34. The zero-order valence-corrected chi connectivity index (χ0v) is 24.0. The van der Waals surface area contributed by atoms with E-state index in [-0.39, 0.29) is 17.4 Å². The van der Waals surface area contributed by atoms with Gasteiger partial charge in [-0.2, -0.15) is 0 Å². The van der Waals surface area contributed by atoms with E-state index in [0.717, 1.165) is 49.2 Å². The van der Waals surface area contributed by atoms with E-state index in [1.165, 1.54) is 0 Å². The van der Waals surface area contributed by atoms with Crippen LogP contribution in [0, 0.1) is 5.92 Å². The van der Waals surface area contributed by atoms with Crippen LogP contribution >= 0.6 is 7.52 Å². The molecule has 0 bridgehead atoms. The van der Waals surface area contributed by atoms with Crippen LogP contribution in [-0.2, 0) is 26.8 Å². The molecule has 1 fully saturated rings. The second-order valence-corrected chi connectivity index (χ2v) is 12.5. The van der Waals surface area contributed by atoms with Gasteiger partial charge in [-0.15, -0.1) is 0 Å². The van der Waals surface area contributed by atoms with Gasteiger partial charge in [0.25, 0.3) is 5.56 Å². The predicted octanol–water partition coefficient (Wildman–Crippen LogP) is 4.77. The molecule has 1 saturated heterocycles. The quantitative estimate of drug-likeness (QED) is 0.444. The number of aromatic amines is 1. The Morgan fingerprint density at radius 3 is 2.53 bits per heavy atom. The fraction of sp³-hybridized carbons (Fsp3) is 0.517. The molecule has 5 rings (SSSR count). The van der Waals surface area contributed by atoms with Gasteiger partial charge >= 0.3 is 7.52 Å². The number of amides is 1. The number of nitrogens with zero attached hydrogens (tertiary/aromatic N) is 3. The second-order valence-electron chi connectivity index (χ2n) is 10.1. The number of rotatable bonds is 4. The Kier molecular flexibility index (Phi) is 9.29. The van der Waals surface area contributed by atoms with Crippen molar-refractivity contribution in [2.75, 3.05) is 46.4 Å². The van der Waals surface area contributed by atoms with Crippen LogP contribution in [0.1, 0.15) is 44.4 Å². The second kappa shape index (κ2) is 12.5. The van der Waals surface area contributed by atoms with Gasteiger partial charge in [0.15, 0.2) is 0 Å². The molecule has 0 saturated carbocycles. The molecule has 1 aromatic heterocycles. The minimum Gasteiger partial charge on any atom is -0.437 e. The highest BCUT2D eigenvalue weighted by atomic mass is 31.2. The number of fused-ring (bicyclic) bond motifs is 3. The zero-order valence-electron chi connectivity index (χ0n) is 23.1. The van der Waals surface area contributed by atoms with E-state index in [9.17, 15) is 14.2 Å². The Morgan fingerprint density at radius 2 is 1.79 bits per heavy atom. The molecule has 0 spiro atoms. The van der Waals surface area contributed by atoms with Crippen molar-refractivity contribution >= 4 is 24.2 Å². The van der Waals surface area contributed by atoms with Crippen LogP contribution in [0.4, 0.5) is 0 Å². The fourth-order valence-corrected chi connectivity index (χ4v) is 6.92. The van der Waals surface area contributed by atoms with Gasteiger partial charge in [0.2, 0.25) is 5.91 Å². The molecule has 1 N–H and O–H groups in total. The average molecular weight is 541 g/mol. The maximum absolute atomic E-state index is 13.8. The van der Waals surface area contributed by atoms with Gasteiger partial charge in [0.05, 0.1) is 5.92 Å². The van der Waals surface area contributed by atoms with Gasteiger partial charge < -0.3 is 19.3 Å². The van der Waals surface area contributed by atoms with Gasteiger partial charge in [0.1, 0.15) is 5.76 Å². The molecular weight excluding hydrogens is 499 g/mol. The molecule has 8 nitrogen and oxygen atoms in total. The molecule has 0 radical (unpaired) electrons. The maximum atomic E-state index is 13.8. The van der Waals surface area contributed by atoms with E-state index in [4.69, 9.17) is 4.52 Å². The van der Waals surface area contributed by atoms with Crippen molar-refractivity contribution in [3.8, 4) is 0 Å². The summed E-state index contributed by atoms with van der Waals surface area (Å²) in [5.41, 5.74) is 1.85. The Morgan fingerprint density at radius 1 is 1.08 bits per heavy atom. The van der Waals surface area contributed by atoms with E-state index in [1.54, 1.807) is 6.66 Å². The first kappa shape index (κ1) is 28.3. The molecule has 2 aromatic rings. The number of hydrogen-bond donors (Lipinski definition) is 1. The lowest BCUT2D eigenvalue weighted by Crippen LogP contribution is -2.48. The Hall–Kier alpha value is -2.67. The third kappa shape index (κ3) is 6.31. The summed E-state index contributed by atoms with van der Waals surface area (Å²) >= 11 is 0. The number of nitrogens with one attached hydrogen (secondary N) is 1. The van der Waals surface area contributed by atoms with E-state index in [0.29, 0.717) is 43.5 Å². The molecule has 1 aliphatic carbocycles. The number of aromatic nitrogens is 1. The SMILES string of the molecule is CC.CN1CCN(C(=O)C2/C=C\C/C(OP(C)(=O)N3CCc4[nH]c(=O)c5ccccc5c4C3)=C\CC2)CC1. The molecule has 9 heteroatoms. The molecule has 2 unspecified atom stereocenters. The lowest BCUT2D eigenvalue weighted by atomic mass is 9.97. The number of piperazine rings is 1. The third-order valence-corrected chi connectivity index (χ3v) is 9.50. The fourth-order valence-electron chi connectivity index (χ4n) is 5.36. The number of pyridine rings is 1. The van der Waals surface area contributed by atoms with Gasteiger partial charge in [-0.3, -0.25) is 14.2 Å². The first-order chi connectivity index (χ1) is 18.3. The smallest absolute Gasteiger partial charge is 0.316 e. The number of allylic oxidation sites excluding steroid dienone is 2. The number of carbonyl (C=O) groups excluding carboxylic acids is 1. The topological polar surface area (TPSA) is 85.9 Å². The van der Waals surface area contributed by atoms with Crippen molar-refractivity contribution < 1.29 is 13.9 Å². The predicted molar refractivity (Wildman–Crippen MR) is 153 cm³/mol. The summed E-state index contributed by atoms with van der Waals surface area (Å²) in [6, 6.07) is 7.56. The zero-order chi connectivity index (χ0) is 27.3. The van der Waals surface area contributed by atoms with Crippen LogP contribution in [0.3, 0.4) is 0 Å². The van der Waals surface area contributed by atoms with Gasteiger partial charge in [-0.05, 0) is 43.0 Å². The summed E-state index contributed by atoms with van der Waals surface area (Å²) in [4.78, 5) is 32.7. The molecule has 3 heterocycles. The standard InChI is InChI=1S/C27H35N4O4P.C2H6/c1-29-15-17-30(18-16-29)27(33)20-7-5-9-21(10-6-8-20)35-36(2,34)31-14-13-25-24(19-31)22-11-3-4-12-23(22)26(32)28-25;1-2/h3-5,7,10-12,20H,6,8-9,13-19H2,1-2H3,(H,28,32);1-2H3/b7-5-,21-10+;. The Bertz CT molecular complexity index is 1310. The summed E-state index contributed by atoms with van der Waals surface area (Å²) in [5, 5.41) is 1.56. The first-order valence-corrected chi connectivity index (χ1v) is 15.8. The van der Waals surface area contributed by atoms with Crippen LogP contribution < -0.4 is 5.56 Å². The minimum absolute atomic E-state index is 0.0791. The van der Waals surface area contributed by atoms with Crippen LogP contribution in [0.25, 0.3) is 10.8 Å². The summed E-state index contributed by atoms with van der Waals surface area (Å²) in [6.07, 6.45) is 8.54. The first-order valence-electron chi connectivity index (χ1n) is 13.8. The number of hydrogen-bond acceptors (Lipinski definition) is 5. The summed E-state index contributed by atoms with van der Waals surface area (Å²) in [6.45, 7) is 10.1.